The third-order valence-corrected chi connectivity index (χ3v) is 6.90. The smallest absolute Gasteiger partial charge is 0.246 e. The van der Waals surface area contributed by atoms with E-state index >= 15 is 0 Å². The summed E-state index contributed by atoms with van der Waals surface area (Å²) in [6.45, 7) is 3.47. The van der Waals surface area contributed by atoms with Crippen LogP contribution in [-0.2, 0) is 9.59 Å². The molecule has 1 aromatic rings. The summed E-state index contributed by atoms with van der Waals surface area (Å²) in [6.07, 6.45) is 4.47. The summed E-state index contributed by atoms with van der Waals surface area (Å²) < 4.78 is 0. The van der Waals surface area contributed by atoms with Crippen LogP contribution in [0.25, 0.3) is 5.57 Å². The van der Waals surface area contributed by atoms with Crippen LogP contribution in [0.3, 0.4) is 0 Å². The molecule has 3 aliphatic heterocycles. The van der Waals surface area contributed by atoms with E-state index in [1.807, 2.05) is 28.0 Å². The Labute approximate surface area is 146 Å². The summed E-state index contributed by atoms with van der Waals surface area (Å²) in [5, 5.41) is 0. The number of amides is 2. The Bertz CT molecular complexity index is 703. The number of hydrogen-bond acceptors (Lipinski definition) is 3. The number of benzene rings is 1. The van der Waals surface area contributed by atoms with Gasteiger partial charge in [0.25, 0.3) is 0 Å². The highest BCUT2D eigenvalue weighted by atomic mass is 32.2. The second-order valence-corrected chi connectivity index (χ2v) is 8.40. The molecule has 3 heterocycles. The molecule has 0 aliphatic carbocycles. The van der Waals surface area contributed by atoms with Gasteiger partial charge in [-0.05, 0) is 30.9 Å². The Morgan fingerprint density at radius 1 is 1.25 bits per heavy atom. The lowest BCUT2D eigenvalue weighted by Crippen LogP contribution is -2.52. The number of thioether (sulfide) groups is 1. The van der Waals surface area contributed by atoms with E-state index in [0.29, 0.717) is 13.0 Å². The molecular weight excluding hydrogens is 320 g/mol. The van der Waals surface area contributed by atoms with Crippen molar-refractivity contribution < 1.29 is 9.59 Å². The Hall–Kier alpha value is -1.75. The average Bonchev–Trinajstić information content (AvgIpc) is 3.11. The highest BCUT2D eigenvalue weighted by Crippen LogP contribution is 2.47. The summed E-state index contributed by atoms with van der Waals surface area (Å²) in [7, 11) is 0. The predicted molar refractivity (Wildman–Crippen MR) is 96.3 cm³/mol. The van der Waals surface area contributed by atoms with Gasteiger partial charge in [0.2, 0.25) is 11.8 Å². The zero-order valence-electron chi connectivity index (χ0n) is 13.9. The molecule has 3 aliphatic rings. The minimum absolute atomic E-state index is 0.116. The van der Waals surface area contributed by atoms with Gasteiger partial charge in [-0.15, -0.1) is 11.8 Å². The van der Waals surface area contributed by atoms with Crippen molar-refractivity contribution >= 4 is 29.1 Å². The second kappa shape index (κ2) is 5.96. The molecule has 4 nitrogen and oxygen atoms in total. The number of nitrogens with zero attached hydrogens (tertiary/aromatic N) is 2. The first-order valence-corrected chi connectivity index (χ1v) is 9.56. The minimum atomic E-state index is -0.276. The highest BCUT2D eigenvalue weighted by molar-refractivity contribution is 8.01. The molecule has 4 rings (SSSR count). The van der Waals surface area contributed by atoms with Crippen LogP contribution in [0.2, 0.25) is 0 Å². The van der Waals surface area contributed by atoms with Crippen molar-refractivity contribution in [1.29, 1.82) is 0 Å². The highest BCUT2D eigenvalue weighted by Gasteiger charge is 2.53. The Morgan fingerprint density at radius 2 is 2.04 bits per heavy atom. The normalized spacial score (nSPS) is 29.6. The maximum absolute atomic E-state index is 13.0. The lowest BCUT2D eigenvalue weighted by Gasteiger charge is -2.34. The van der Waals surface area contributed by atoms with Crippen LogP contribution in [0.15, 0.2) is 36.4 Å². The number of fused-ring (bicyclic) bond motifs is 1. The maximum Gasteiger partial charge on any atom is 0.246 e. The third kappa shape index (κ3) is 2.55. The van der Waals surface area contributed by atoms with Gasteiger partial charge in [-0.2, -0.15) is 0 Å². The number of rotatable bonds is 2. The molecule has 2 atom stereocenters. The van der Waals surface area contributed by atoms with Crippen LogP contribution in [-0.4, -0.2) is 51.4 Å². The lowest BCUT2D eigenvalue weighted by atomic mass is 9.99. The fourth-order valence-electron chi connectivity index (χ4n) is 4.00. The molecule has 24 heavy (non-hydrogen) atoms. The molecule has 0 aromatic heterocycles. The fraction of sp³-hybridized carbons (Fsp3) is 0.474. The van der Waals surface area contributed by atoms with E-state index in [4.69, 9.17) is 0 Å². The van der Waals surface area contributed by atoms with Gasteiger partial charge in [0.15, 0.2) is 0 Å². The molecule has 5 heteroatoms. The third-order valence-electron chi connectivity index (χ3n) is 5.40. The van der Waals surface area contributed by atoms with Gasteiger partial charge in [0, 0.05) is 25.3 Å². The largest absolute Gasteiger partial charge is 0.337 e. The quantitative estimate of drug-likeness (QED) is 0.830. The van der Waals surface area contributed by atoms with E-state index < -0.39 is 0 Å². The molecule has 2 saturated heterocycles. The molecule has 0 N–H and O–H groups in total. The van der Waals surface area contributed by atoms with Crippen LogP contribution >= 0.6 is 11.8 Å². The Morgan fingerprint density at radius 3 is 2.75 bits per heavy atom. The number of hydrogen-bond donors (Lipinski definition) is 0. The molecular formula is C19H22N2O2S. The number of carbonyl (C=O) groups is 2. The van der Waals surface area contributed by atoms with Crippen LogP contribution in [0.1, 0.15) is 31.7 Å². The van der Waals surface area contributed by atoms with Crippen molar-refractivity contribution in [1.82, 2.24) is 9.80 Å². The molecule has 0 saturated carbocycles. The van der Waals surface area contributed by atoms with Crippen molar-refractivity contribution in [2.75, 3.05) is 18.8 Å². The topological polar surface area (TPSA) is 40.6 Å². The molecule has 0 radical (unpaired) electrons. The first-order valence-electron chi connectivity index (χ1n) is 8.58. The van der Waals surface area contributed by atoms with Gasteiger partial charge in [0.05, 0.1) is 4.87 Å². The molecule has 1 aromatic carbocycles. The maximum atomic E-state index is 13.0. The first kappa shape index (κ1) is 15.8. The fourth-order valence-corrected chi connectivity index (χ4v) is 5.42. The van der Waals surface area contributed by atoms with Crippen molar-refractivity contribution in [2.24, 2.45) is 0 Å². The van der Waals surface area contributed by atoms with Crippen LogP contribution in [0.5, 0.6) is 0 Å². The Kier molecular flexibility index (Phi) is 3.91. The van der Waals surface area contributed by atoms with E-state index in [2.05, 4.69) is 25.1 Å². The summed E-state index contributed by atoms with van der Waals surface area (Å²) in [5.41, 5.74) is 2.55. The first-order chi connectivity index (χ1) is 11.6. The second-order valence-electron chi connectivity index (χ2n) is 6.90. The van der Waals surface area contributed by atoms with Gasteiger partial charge in [-0.1, -0.05) is 36.4 Å². The van der Waals surface area contributed by atoms with Gasteiger partial charge < -0.3 is 9.80 Å². The van der Waals surface area contributed by atoms with E-state index in [-0.39, 0.29) is 22.7 Å². The number of carbonyl (C=O) groups excluding carboxylic acids is 2. The zero-order chi connectivity index (χ0) is 16.7. The summed E-state index contributed by atoms with van der Waals surface area (Å²) in [5.74, 6) is 0.982. The molecule has 2 amide bonds. The van der Waals surface area contributed by atoms with Crippen molar-refractivity contribution in [2.45, 2.75) is 37.1 Å². The van der Waals surface area contributed by atoms with Crippen LogP contribution in [0.4, 0.5) is 0 Å². The van der Waals surface area contributed by atoms with Gasteiger partial charge >= 0.3 is 0 Å². The SMILES string of the molecule is CC12CCC(=O)N1C(C(=O)N1CC=C(c3ccccc3)CC1)CS2. The summed E-state index contributed by atoms with van der Waals surface area (Å²) in [4.78, 5) is 28.8. The van der Waals surface area contributed by atoms with E-state index in [1.54, 1.807) is 11.8 Å². The molecule has 0 spiro atoms. The van der Waals surface area contributed by atoms with Crippen LogP contribution in [0, 0.1) is 0 Å². The van der Waals surface area contributed by atoms with E-state index in [9.17, 15) is 9.59 Å². The van der Waals surface area contributed by atoms with Crippen molar-refractivity contribution in [3.05, 3.63) is 42.0 Å². The molecule has 126 valence electrons. The minimum Gasteiger partial charge on any atom is -0.337 e. The predicted octanol–water partition coefficient (Wildman–Crippen LogP) is 2.76. The van der Waals surface area contributed by atoms with Crippen molar-refractivity contribution in [3.8, 4) is 0 Å². The standard InChI is InChI=1S/C19H22N2O2S/c1-19-10-7-17(22)21(19)16(13-24-19)18(23)20-11-8-15(9-12-20)14-5-3-2-4-6-14/h2-6,8,16H,7,9-13H2,1H3. The van der Waals surface area contributed by atoms with Gasteiger partial charge in [-0.3, -0.25) is 9.59 Å². The summed E-state index contributed by atoms with van der Waals surface area (Å²) in [6, 6.07) is 10.1. The Balaban J connectivity index is 1.47. The lowest BCUT2D eigenvalue weighted by molar-refractivity contribution is -0.143. The van der Waals surface area contributed by atoms with Crippen LogP contribution < -0.4 is 0 Å². The average molecular weight is 342 g/mol. The summed E-state index contributed by atoms with van der Waals surface area (Å²) >= 11 is 1.76. The van der Waals surface area contributed by atoms with Crippen molar-refractivity contribution in [3.63, 3.8) is 0 Å². The zero-order valence-corrected chi connectivity index (χ0v) is 14.7. The molecule has 2 unspecified atom stereocenters. The van der Waals surface area contributed by atoms with E-state index in [1.165, 1.54) is 11.1 Å². The van der Waals surface area contributed by atoms with E-state index in [0.717, 1.165) is 25.1 Å². The van der Waals surface area contributed by atoms with Gasteiger partial charge in [0.1, 0.15) is 6.04 Å². The monoisotopic (exact) mass is 342 g/mol. The molecule has 2 fully saturated rings. The molecule has 0 bridgehead atoms. The van der Waals surface area contributed by atoms with Gasteiger partial charge in [-0.25, -0.2) is 0 Å².